The molecule has 18 heavy (non-hydrogen) atoms. The Kier molecular flexibility index (Phi) is 3.99. The molecule has 1 aliphatic rings. The van der Waals surface area contributed by atoms with Crippen molar-refractivity contribution in [2.75, 3.05) is 25.0 Å². The minimum atomic E-state index is -0.213. The summed E-state index contributed by atoms with van der Waals surface area (Å²) in [7, 11) is 1.97. The first-order valence-corrected chi connectivity index (χ1v) is 6.43. The van der Waals surface area contributed by atoms with Gasteiger partial charge in [-0.3, -0.25) is 9.69 Å². The van der Waals surface area contributed by atoms with Crippen molar-refractivity contribution < 1.29 is 4.79 Å². The van der Waals surface area contributed by atoms with Gasteiger partial charge in [-0.15, -0.1) is 0 Å². The molecule has 0 aromatic heterocycles. The lowest BCUT2D eigenvalue weighted by atomic mass is 10.1. The maximum Gasteiger partial charge on any atom is 0.245 e. The second kappa shape index (κ2) is 5.50. The monoisotopic (exact) mass is 247 g/mol. The van der Waals surface area contributed by atoms with E-state index in [0.29, 0.717) is 6.54 Å². The van der Waals surface area contributed by atoms with E-state index >= 15 is 0 Å². The zero-order valence-electron chi connectivity index (χ0n) is 11.0. The van der Waals surface area contributed by atoms with Crippen molar-refractivity contribution in [2.24, 2.45) is 5.73 Å². The van der Waals surface area contributed by atoms with Gasteiger partial charge in [0, 0.05) is 24.8 Å². The molecule has 0 radical (unpaired) electrons. The number of carbonyl (C=O) groups excluding carboxylic acids is 1. The number of anilines is 1. The standard InChI is InChI=1S/C14H21N3O/c1-11-8-9-16(2)13(10-15)14(18)17(11)12-6-4-3-5-7-12/h3-7,11,13H,8-10,15H2,1-2H3. The summed E-state index contributed by atoms with van der Waals surface area (Å²) < 4.78 is 0. The molecule has 0 saturated carbocycles. The van der Waals surface area contributed by atoms with Gasteiger partial charge in [0.25, 0.3) is 0 Å². The van der Waals surface area contributed by atoms with Crippen LogP contribution in [0, 0.1) is 0 Å². The summed E-state index contributed by atoms with van der Waals surface area (Å²) >= 11 is 0. The number of benzene rings is 1. The number of likely N-dealkylation sites (N-methyl/N-ethyl adjacent to an activating group) is 1. The number of rotatable bonds is 2. The van der Waals surface area contributed by atoms with Crippen LogP contribution in [0.4, 0.5) is 5.69 Å². The summed E-state index contributed by atoms with van der Waals surface area (Å²) in [4.78, 5) is 16.5. The van der Waals surface area contributed by atoms with E-state index in [-0.39, 0.29) is 18.0 Å². The Balaban J connectivity index is 2.34. The quantitative estimate of drug-likeness (QED) is 0.850. The minimum Gasteiger partial charge on any atom is -0.328 e. The van der Waals surface area contributed by atoms with E-state index in [2.05, 4.69) is 11.8 Å². The topological polar surface area (TPSA) is 49.6 Å². The van der Waals surface area contributed by atoms with Gasteiger partial charge >= 0.3 is 0 Å². The first-order chi connectivity index (χ1) is 8.65. The van der Waals surface area contributed by atoms with Crippen molar-refractivity contribution in [3.05, 3.63) is 30.3 Å². The number of amides is 1. The Morgan fingerprint density at radius 3 is 2.61 bits per heavy atom. The Bertz CT molecular complexity index is 407. The molecule has 1 fully saturated rings. The average Bonchev–Trinajstić information content (AvgIpc) is 2.48. The summed E-state index contributed by atoms with van der Waals surface area (Å²) in [6.45, 7) is 3.36. The zero-order chi connectivity index (χ0) is 13.1. The molecule has 2 unspecified atom stereocenters. The normalized spacial score (nSPS) is 26.2. The van der Waals surface area contributed by atoms with E-state index in [4.69, 9.17) is 5.73 Å². The molecule has 0 spiro atoms. The predicted molar refractivity (Wildman–Crippen MR) is 73.5 cm³/mol. The zero-order valence-corrected chi connectivity index (χ0v) is 11.0. The van der Waals surface area contributed by atoms with Crippen molar-refractivity contribution in [3.8, 4) is 0 Å². The van der Waals surface area contributed by atoms with Crippen LogP contribution in [0.25, 0.3) is 0 Å². The molecule has 1 saturated heterocycles. The van der Waals surface area contributed by atoms with E-state index in [9.17, 15) is 4.79 Å². The van der Waals surface area contributed by atoms with E-state index in [0.717, 1.165) is 18.7 Å². The van der Waals surface area contributed by atoms with E-state index in [1.165, 1.54) is 0 Å². The largest absolute Gasteiger partial charge is 0.328 e. The lowest BCUT2D eigenvalue weighted by Crippen LogP contribution is -2.50. The van der Waals surface area contributed by atoms with Crippen LogP contribution in [0.15, 0.2) is 30.3 Å². The lowest BCUT2D eigenvalue weighted by Gasteiger charge is -2.30. The number of para-hydroxylation sites is 1. The molecule has 0 aliphatic carbocycles. The minimum absolute atomic E-state index is 0.108. The van der Waals surface area contributed by atoms with Crippen LogP contribution in [0.3, 0.4) is 0 Å². The summed E-state index contributed by atoms with van der Waals surface area (Å²) in [5.41, 5.74) is 6.71. The fourth-order valence-corrected chi connectivity index (χ4v) is 2.49. The Morgan fingerprint density at radius 2 is 2.00 bits per heavy atom. The van der Waals surface area contributed by atoms with Crippen LogP contribution in [-0.2, 0) is 4.79 Å². The van der Waals surface area contributed by atoms with Crippen LogP contribution in [0.5, 0.6) is 0 Å². The molecule has 1 aromatic rings. The van der Waals surface area contributed by atoms with Gasteiger partial charge in [0.15, 0.2) is 0 Å². The van der Waals surface area contributed by atoms with Gasteiger partial charge in [-0.25, -0.2) is 0 Å². The van der Waals surface area contributed by atoms with Crippen molar-refractivity contribution in [3.63, 3.8) is 0 Å². The molecule has 1 aliphatic heterocycles. The molecule has 1 heterocycles. The average molecular weight is 247 g/mol. The predicted octanol–water partition coefficient (Wildman–Crippen LogP) is 1.07. The Morgan fingerprint density at radius 1 is 1.33 bits per heavy atom. The van der Waals surface area contributed by atoms with Gasteiger partial charge < -0.3 is 10.6 Å². The van der Waals surface area contributed by atoms with Gasteiger partial charge in [-0.2, -0.15) is 0 Å². The fraction of sp³-hybridized carbons (Fsp3) is 0.500. The number of nitrogens with two attached hydrogens (primary N) is 1. The first kappa shape index (κ1) is 13.1. The van der Waals surface area contributed by atoms with Crippen molar-refractivity contribution in [2.45, 2.75) is 25.4 Å². The Hall–Kier alpha value is -1.39. The van der Waals surface area contributed by atoms with Crippen molar-refractivity contribution >= 4 is 11.6 Å². The van der Waals surface area contributed by atoms with Gasteiger partial charge in [-0.1, -0.05) is 18.2 Å². The lowest BCUT2D eigenvalue weighted by molar-refractivity contribution is -0.122. The molecular weight excluding hydrogens is 226 g/mol. The molecule has 4 nitrogen and oxygen atoms in total. The number of nitrogens with zero attached hydrogens (tertiary/aromatic N) is 2. The highest BCUT2D eigenvalue weighted by atomic mass is 16.2. The highest BCUT2D eigenvalue weighted by molar-refractivity contribution is 5.98. The maximum atomic E-state index is 12.6. The van der Waals surface area contributed by atoms with Crippen LogP contribution in [-0.4, -0.2) is 43.0 Å². The van der Waals surface area contributed by atoms with Gasteiger partial charge in [0.2, 0.25) is 5.91 Å². The molecule has 4 heteroatoms. The molecule has 2 N–H and O–H groups in total. The van der Waals surface area contributed by atoms with Gasteiger partial charge in [0.05, 0.1) is 0 Å². The highest BCUT2D eigenvalue weighted by Gasteiger charge is 2.33. The molecular formula is C14H21N3O. The second-order valence-corrected chi connectivity index (χ2v) is 4.91. The van der Waals surface area contributed by atoms with Gasteiger partial charge in [0.1, 0.15) is 6.04 Å². The molecule has 98 valence electrons. The van der Waals surface area contributed by atoms with E-state index < -0.39 is 0 Å². The third-order valence-corrected chi connectivity index (χ3v) is 3.65. The summed E-state index contributed by atoms with van der Waals surface area (Å²) in [6.07, 6.45) is 0.966. The Labute approximate surface area is 108 Å². The number of carbonyl (C=O) groups is 1. The van der Waals surface area contributed by atoms with E-state index in [1.807, 2.05) is 42.3 Å². The summed E-state index contributed by atoms with van der Waals surface area (Å²) in [5, 5.41) is 0. The molecule has 2 rings (SSSR count). The van der Waals surface area contributed by atoms with Crippen molar-refractivity contribution in [1.82, 2.24) is 4.90 Å². The van der Waals surface area contributed by atoms with Gasteiger partial charge in [-0.05, 0) is 32.5 Å². The van der Waals surface area contributed by atoms with Crippen LogP contribution >= 0.6 is 0 Å². The SMILES string of the molecule is CC1CCN(C)C(CN)C(=O)N1c1ccccc1. The molecule has 0 bridgehead atoms. The maximum absolute atomic E-state index is 12.6. The smallest absolute Gasteiger partial charge is 0.245 e. The third kappa shape index (κ3) is 2.40. The van der Waals surface area contributed by atoms with Crippen LogP contribution < -0.4 is 10.6 Å². The van der Waals surface area contributed by atoms with Crippen molar-refractivity contribution in [1.29, 1.82) is 0 Å². The summed E-state index contributed by atoms with van der Waals surface area (Å²) in [5.74, 6) is 0.108. The third-order valence-electron chi connectivity index (χ3n) is 3.65. The number of hydrogen-bond donors (Lipinski definition) is 1. The fourth-order valence-electron chi connectivity index (χ4n) is 2.49. The first-order valence-electron chi connectivity index (χ1n) is 6.43. The molecule has 1 amide bonds. The highest BCUT2D eigenvalue weighted by Crippen LogP contribution is 2.23. The van der Waals surface area contributed by atoms with Crippen LogP contribution in [0.2, 0.25) is 0 Å². The molecule has 2 atom stereocenters. The summed E-state index contributed by atoms with van der Waals surface area (Å²) in [6, 6.07) is 9.83. The molecule has 1 aromatic carbocycles. The van der Waals surface area contributed by atoms with E-state index in [1.54, 1.807) is 0 Å². The van der Waals surface area contributed by atoms with Crippen LogP contribution in [0.1, 0.15) is 13.3 Å². The second-order valence-electron chi connectivity index (χ2n) is 4.91. The number of hydrogen-bond acceptors (Lipinski definition) is 3.